The number of para-hydroxylation sites is 2. The van der Waals surface area contributed by atoms with E-state index in [-0.39, 0.29) is 18.4 Å². The Kier molecular flexibility index (Phi) is 5.97. The van der Waals surface area contributed by atoms with E-state index in [1.807, 2.05) is 24.3 Å². The van der Waals surface area contributed by atoms with Gasteiger partial charge in [0.15, 0.2) is 0 Å². The van der Waals surface area contributed by atoms with Crippen LogP contribution in [0.1, 0.15) is 12.8 Å². The SMILES string of the molecule is C=CCN(CC=C)C(=O)CNc1ccccc1N1CCCC1=O. The maximum Gasteiger partial charge on any atom is 0.242 e. The van der Waals surface area contributed by atoms with E-state index in [9.17, 15) is 9.59 Å². The van der Waals surface area contributed by atoms with Crippen molar-refractivity contribution in [1.82, 2.24) is 4.90 Å². The molecule has 0 unspecified atom stereocenters. The molecule has 1 N–H and O–H groups in total. The van der Waals surface area contributed by atoms with Gasteiger partial charge in [-0.3, -0.25) is 9.59 Å². The van der Waals surface area contributed by atoms with E-state index in [4.69, 9.17) is 0 Å². The van der Waals surface area contributed by atoms with Crippen molar-refractivity contribution in [3.63, 3.8) is 0 Å². The van der Waals surface area contributed by atoms with Crippen LogP contribution in [0.15, 0.2) is 49.6 Å². The van der Waals surface area contributed by atoms with Crippen LogP contribution < -0.4 is 10.2 Å². The third-order valence-corrected chi connectivity index (χ3v) is 3.75. The summed E-state index contributed by atoms with van der Waals surface area (Å²) in [6.07, 6.45) is 4.84. The Balaban J connectivity index is 2.05. The van der Waals surface area contributed by atoms with Gasteiger partial charge in [0.2, 0.25) is 11.8 Å². The Morgan fingerprint density at radius 1 is 1.26 bits per heavy atom. The van der Waals surface area contributed by atoms with Gasteiger partial charge in [-0.25, -0.2) is 0 Å². The van der Waals surface area contributed by atoms with Crippen LogP contribution in [0.5, 0.6) is 0 Å². The van der Waals surface area contributed by atoms with Crippen molar-refractivity contribution >= 4 is 23.2 Å². The summed E-state index contributed by atoms with van der Waals surface area (Å²) in [5, 5.41) is 3.15. The number of anilines is 2. The van der Waals surface area contributed by atoms with Crippen molar-refractivity contribution in [2.75, 3.05) is 36.4 Å². The minimum Gasteiger partial charge on any atom is -0.374 e. The van der Waals surface area contributed by atoms with Gasteiger partial charge in [-0.2, -0.15) is 0 Å². The van der Waals surface area contributed by atoms with Crippen molar-refractivity contribution in [2.24, 2.45) is 0 Å². The third-order valence-electron chi connectivity index (χ3n) is 3.75. The number of carbonyl (C=O) groups excluding carboxylic acids is 2. The van der Waals surface area contributed by atoms with E-state index in [0.717, 1.165) is 24.3 Å². The zero-order valence-electron chi connectivity index (χ0n) is 13.3. The van der Waals surface area contributed by atoms with Gasteiger partial charge in [-0.15, -0.1) is 13.2 Å². The van der Waals surface area contributed by atoms with Crippen molar-refractivity contribution < 1.29 is 9.59 Å². The number of rotatable bonds is 8. The summed E-state index contributed by atoms with van der Waals surface area (Å²) < 4.78 is 0. The summed E-state index contributed by atoms with van der Waals surface area (Å²) in [4.78, 5) is 27.7. The van der Waals surface area contributed by atoms with Crippen LogP contribution in [-0.4, -0.2) is 42.9 Å². The molecule has 5 nitrogen and oxygen atoms in total. The lowest BCUT2D eigenvalue weighted by Gasteiger charge is -2.22. The van der Waals surface area contributed by atoms with Gasteiger partial charge in [0.1, 0.15) is 0 Å². The molecule has 0 atom stereocenters. The minimum absolute atomic E-state index is 0.0349. The summed E-state index contributed by atoms with van der Waals surface area (Å²) in [6.45, 7) is 9.19. The number of hydrogen-bond acceptors (Lipinski definition) is 3. The second-order valence-corrected chi connectivity index (χ2v) is 5.40. The zero-order valence-corrected chi connectivity index (χ0v) is 13.3. The number of nitrogens with one attached hydrogen (secondary N) is 1. The highest BCUT2D eigenvalue weighted by Crippen LogP contribution is 2.29. The van der Waals surface area contributed by atoms with Crippen LogP contribution in [0.25, 0.3) is 0 Å². The molecule has 23 heavy (non-hydrogen) atoms. The summed E-state index contributed by atoms with van der Waals surface area (Å²) >= 11 is 0. The molecule has 5 heteroatoms. The van der Waals surface area contributed by atoms with Crippen molar-refractivity contribution in [3.8, 4) is 0 Å². The molecule has 1 aliphatic rings. The smallest absolute Gasteiger partial charge is 0.242 e. The molecule has 122 valence electrons. The quantitative estimate of drug-likeness (QED) is 0.750. The zero-order chi connectivity index (χ0) is 16.7. The molecule has 1 aromatic rings. The first-order valence-corrected chi connectivity index (χ1v) is 7.80. The average Bonchev–Trinajstić information content (AvgIpc) is 2.98. The van der Waals surface area contributed by atoms with E-state index in [1.165, 1.54) is 0 Å². The number of nitrogens with zero attached hydrogens (tertiary/aromatic N) is 2. The Morgan fingerprint density at radius 3 is 2.57 bits per heavy atom. The fourth-order valence-electron chi connectivity index (χ4n) is 2.63. The van der Waals surface area contributed by atoms with Gasteiger partial charge >= 0.3 is 0 Å². The Bertz CT molecular complexity index is 588. The molecule has 1 saturated heterocycles. The Morgan fingerprint density at radius 2 is 1.96 bits per heavy atom. The second kappa shape index (κ2) is 8.17. The monoisotopic (exact) mass is 313 g/mol. The first-order valence-electron chi connectivity index (χ1n) is 7.80. The van der Waals surface area contributed by atoms with Crippen LogP contribution in [0.4, 0.5) is 11.4 Å². The summed E-state index contributed by atoms with van der Waals surface area (Å²) in [5.74, 6) is 0.0952. The minimum atomic E-state index is -0.0349. The van der Waals surface area contributed by atoms with Crippen molar-refractivity contribution in [3.05, 3.63) is 49.6 Å². The third kappa shape index (κ3) is 4.22. The molecule has 1 fully saturated rings. The van der Waals surface area contributed by atoms with E-state index < -0.39 is 0 Å². The van der Waals surface area contributed by atoms with Gasteiger partial charge in [-0.05, 0) is 18.6 Å². The number of carbonyl (C=O) groups is 2. The Hall–Kier alpha value is -2.56. The molecule has 1 heterocycles. The first kappa shape index (κ1) is 16.8. The molecule has 0 saturated carbocycles. The summed E-state index contributed by atoms with van der Waals surface area (Å²) in [5.41, 5.74) is 1.63. The highest BCUT2D eigenvalue weighted by atomic mass is 16.2. The second-order valence-electron chi connectivity index (χ2n) is 5.40. The van der Waals surface area contributed by atoms with Crippen LogP contribution in [0.2, 0.25) is 0 Å². The highest BCUT2D eigenvalue weighted by molar-refractivity contribution is 5.98. The van der Waals surface area contributed by atoms with Gasteiger partial charge in [0, 0.05) is 26.1 Å². The predicted octanol–water partition coefficient (Wildman–Crippen LogP) is 2.43. The van der Waals surface area contributed by atoms with Crippen LogP contribution in [-0.2, 0) is 9.59 Å². The molecular formula is C18H23N3O2. The van der Waals surface area contributed by atoms with E-state index in [0.29, 0.717) is 19.5 Å². The fraction of sp³-hybridized carbons (Fsp3) is 0.333. The molecule has 1 aromatic carbocycles. The van der Waals surface area contributed by atoms with Crippen molar-refractivity contribution in [2.45, 2.75) is 12.8 Å². The molecule has 2 amide bonds. The molecular weight excluding hydrogens is 290 g/mol. The van der Waals surface area contributed by atoms with Crippen LogP contribution >= 0.6 is 0 Å². The lowest BCUT2D eigenvalue weighted by Crippen LogP contribution is -2.36. The van der Waals surface area contributed by atoms with E-state index >= 15 is 0 Å². The van der Waals surface area contributed by atoms with Gasteiger partial charge < -0.3 is 15.1 Å². The standard InChI is InChI=1S/C18H23N3O2/c1-3-11-20(12-4-2)18(23)14-19-15-8-5-6-9-16(15)21-13-7-10-17(21)22/h3-6,8-9,19H,1-2,7,10-14H2. The lowest BCUT2D eigenvalue weighted by molar-refractivity contribution is -0.128. The average molecular weight is 313 g/mol. The lowest BCUT2D eigenvalue weighted by atomic mass is 10.2. The molecule has 2 rings (SSSR count). The Labute approximate surface area is 137 Å². The molecule has 0 aromatic heterocycles. The topological polar surface area (TPSA) is 52.7 Å². The normalized spacial score (nSPS) is 13.7. The van der Waals surface area contributed by atoms with Crippen LogP contribution in [0.3, 0.4) is 0 Å². The highest BCUT2D eigenvalue weighted by Gasteiger charge is 2.23. The fourth-order valence-corrected chi connectivity index (χ4v) is 2.63. The van der Waals surface area contributed by atoms with E-state index in [1.54, 1.807) is 22.0 Å². The molecule has 1 aliphatic heterocycles. The van der Waals surface area contributed by atoms with Crippen LogP contribution in [0, 0.1) is 0 Å². The maximum absolute atomic E-state index is 12.3. The van der Waals surface area contributed by atoms with Gasteiger partial charge in [0.05, 0.1) is 17.9 Å². The molecule has 0 radical (unpaired) electrons. The number of hydrogen-bond donors (Lipinski definition) is 1. The molecule has 0 bridgehead atoms. The largest absolute Gasteiger partial charge is 0.374 e. The summed E-state index contributed by atoms with van der Waals surface area (Å²) in [7, 11) is 0. The molecule has 0 aliphatic carbocycles. The van der Waals surface area contributed by atoms with E-state index in [2.05, 4.69) is 18.5 Å². The first-order chi connectivity index (χ1) is 11.2. The molecule has 0 spiro atoms. The van der Waals surface area contributed by atoms with Gasteiger partial charge in [-0.1, -0.05) is 24.3 Å². The van der Waals surface area contributed by atoms with Crippen molar-refractivity contribution in [1.29, 1.82) is 0 Å². The maximum atomic E-state index is 12.3. The number of benzene rings is 1. The number of amides is 2. The van der Waals surface area contributed by atoms with Gasteiger partial charge in [0.25, 0.3) is 0 Å². The summed E-state index contributed by atoms with van der Waals surface area (Å²) in [6, 6.07) is 7.58. The predicted molar refractivity (Wildman–Crippen MR) is 93.5 cm³/mol.